The predicted molar refractivity (Wildman–Crippen MR) is 75.2 cm³/mol. The zero-order valence-corrected chi connectivity index (χ0v) is 12.6. The predicted octanol–water partition coefficient (Wildman–Crippen LogP) is 1.10. The SMILES string of the molecule is CC(N)c1ccc(S(=O)(=O)N(C)CC(C)(C)O)cc1. The molecule has 0 aliphatic heterocycles. The average Bonchev–Trinajstić information content (AvgIpc) is 2.26. The molecule has 19 heavy (non-hydrogen) atoms. The number of rotatable bonds is 5. The van der Waals surface area contributed by atoms with Gasteiger partial charge in [0.15, 0.2) is 0 Å². The van der Waals surface area contributed by atoms with Crippen molar-refractivity contribution < 1.29 is 13.5 Å². The van der Waals surface area contributed by atoms with E-state index in [1.165, 1.54) is 19.2 Å². The first-order valence-corrected chi connectivity index (χ1v) is 7.52. The van der Waals surface area contributed by atoms with E-state index in [1.807, 2.05) is 6.92 Å². The van der Waals surface area contributed by atoms with Gasteiger partial charge in [0.25, 0.3) is 0 Å². The molecular weight excluding hydrogens is 264 g/mol. The number of likely N-dealkylation sites (N-methyl/N-ethyl adjacent to an activating group) is 1. The normalized spacial score (nSPS) is 14.7. The van der Waals surface area contributed by atoms with Gasteiger partial charge in [0, 0.05) is 19.6 Å². The summed E-state index contributed by atoms with van der Waals surface area (Å²) in [5.41, 5.74) is 5.53. The summed E-state index contributed by atoms with van der Waals surface area (Å²) in [5.74, 6) is 0. The molecule has 0 bridgehead atoms. The molecule has 0 spiro atoms. The van der Waals surface area contributed by atoms with Crippen LogP contribution in [0.2, 0.25) is 0 Å². The van der Waals surface area contributed by atoms with Crippen molar-refractivity contribution in [2.24, 2.45) is 5.73 Å². The van der Waals surface area contributed by atoms with E-state index in [2.05, 4.69) is 0 Å². The van der Waals surface area contributed by atoms with Crippen LogP contribution in [0.5, 0.6) is 0 Å². The van der Waals surface area contributed by atoms with Crippen molar-refractivity contribution in [2.45, 2.75) is 37.3 Å². The van der Waals surface area contributed by atoms with Gasteiger partial charge in [-0.25, -0.2) is 8.42 Å². The Bertz CT molecular complexity index is 516. The first-order valence-electron chi connectivity index (χ1n) is 6.08. The van der Waals surface area contributed by atoms with Crippen LogP contribution in [-0.4, -0.2) is 37.0 Å². The lowest BCUT2D eigenvalue weighted by Gasteiger charge is -2.25. The Morgan fingerprint density at radius 2 is 1.79 bits per heavy atom. The molecule has 3 N–H and O–H groups in total. The van der Waals surface area contributed by atoms with Crippen LogP contribution in [0.4, 0.5) is 0 Å². The summed E-state index contributed by atoms with van der Waals surface area (Å²) in [6.07, 6.45) is 0. The number of hydrogen-bond acceptors (Lipinski definition) is 4. The Hall–Kier alpha value is -0.950. The van der Waals surface area contributed by atoms with Crippen LogP contribution in [-0.2, 0) is 10.0 Å². The summed E-state index contributed by atoms with van der Waals surface area (Å²) in [4.78, 5) is 0.198. The first-order chi connectivity index (χ1) is 8.54. The molecule has 0 amide bonds. The highest BCUT2D eigenvalue weighted by atomic mass is 32.2. The van der Waals surface area contributed by atoms with E-state index in [1.54, 1.807) is 26.0 Å². The highest BCUT2D eigenvalue weighted by molar-refractivity contribution is 7.89. The van der Waals surface area contributed by atoms with E-state index in [0.29, 0.717) is 0 Å². The molecule has 1 rings (SSSR count). The van der Waals surface area contributed by atoms with Crippen molar-refractivity contribution in [1.82, 2.24) is 4.31 Å². The third-order valence-corrected chi connectivity index (χ3v) is 4.54. The second-order valence-corrected chi connectivity index (χ2v) is 7.48. The summed E-state index contributed by atoms with van der Waals surface area (Å²) in [7, 11) is -2.13. The van der Waals surface area contributed by atoms with E-state index in [-0.39, 0.29) is 17.5 Å². The van der Waals surface area contributed by atoms with E-state index in [4.69, 9.17) is 5.73 Å². The number of hydrogen-bond donors (Lipinski definition) is 2. The summed E-state index contributed by atoms with van der Waals surface area (Å²) >= 11 is 0. The molecule has 6 heteroatoms. The van der Waals surface area contributed by atoms with E-state index in [9.17, 15) is 13.5 Å². The Labute approximate surface area is 115 Å². The van der Waals surface area contributed by atoms with Crippen LogP contribution in [0, 0.1) is 0 Å². The molecule has 108 valence electrons. The average molecular weight is 286 g/mol. The second-order valence-electron chi connectivity index (χ2n) is 5.43. The van der Waals surface area contributed by atoms with E-state index >= 15 is 0 Å². The molecule has 0 aromatic heterocycles. The molecule has 5 nitrogen and oxygen atoms in total. The first kappa shape index (κ1) is 16.1. The molecule has 0 aliphatic carbocycles. The number of nitrogens with zero attached hydrogens (tertiary/aromatic N) is 1. The lowest BCUT2D eigenvalue weighted by Crippen LogP contribution is -2.39. The van der Waals surface area contributed by atoms with Crippen LogP contribution in [0.3, 0.4) is 0 Å². The Kier molecular flexibility index (Phi) is 4.73. The third-order valence-electron chi connectivity index (χ3n) is 2.72. The van der Waals surface area contributed by atoms with Gasteiger partial charge in [0.2, 0.25) is 10.0 Å². The number of sulfonamides is 1. The fraction of sp³-hybridized carbons (Fsp3) is 0.538. The van der Waals surface area contributed by atoms with Gasteiger partial charge in [-0.15, -0.1) is 0 Å². The van der Waals surface area contributed by atoms with Gasteiger partial charge in [-0.1, -0.05) is 12.1 Å². The highest BCUT2D eigenvalue weighted by Crippen LogP contribution is 2.19. The molecule has 0 saturated heterocycles. The maximum atomic E-state index is 12.3. The van der Waals surface area contributed by atoms with Crippen molar-refractivity contribution in [3.8, 4) is 0 Å². The van der Waals surface area contributed by atoms with E-state index in [0.717, 1.165) is 9.87 Å². The molecule has 1 atom stereocenters. The lowest BCUT2D eigenvalue weighted by molar-refractivity contribution is 0.0640. The molecule has 1 aromatic carbocycles. The van der Waals surface area contributed by atoms with Crippen molar-refractivity contribution in [3.63, 3.8) is 0 Å². The lowest BCUT2D eigenvalue weighted by atomic mass is 10.1. The van der Waals surface area contributed by atoms with Gasteiger partial charge >= 0.3 is 0 Å². The van der Waals surface area contributed by atoms with Gasteiger partial charge in [-0.2, -0.15) is 4.31 Å². The molecule has 0 aliphatic rings. The highest BCUT2D eigenvalue weighted by Gasteiger charge is 2.26. The van der Waals surface area contributed by atoms with E-state index < -0.39 is 15.6 Å². The van der Waals surface area contributed by atoms with Crippen molar-refractivity contribution in [2.75, 3.05) is 13.6 Å². The maximum absolute atomic E-state index is 12.3. The van der Waals surface area contributed by atoms with Gasteiger partial charge in [-0.3, -0.25) is 0 Å². The van der Waals surface area contributed by atoms with Crippen LogP contribution in [0.15, 0.2) is 29.2 Å². The quantitative estimate of drug-likeness (QED) is 0.849. The van der Waals surface area contributed by atoms with Gasteiger partial charge in [0.05, 0.1) is 10.5 Å². The van der Waals surface area contributed by atoms with Crippen LogP contribution < -0.4 is 5.73 Å². The Morgan fingerprint density at radius 3 is 2.16 bits per heavy atom. The molecule has 1 aromatic rings. The molecule has 0 heterocycles. The summed E-state index contributed by atoms with van der Waals surface area (Å²) in [6.45, 7) is 5.00. The molecule has 0 saturated carbocycles. The minimum Gasteiger partial charge on any atom is -0.389 e. The van der Waals surface area contributed by atoms with Crippen LogP contribution >= 0.6 is 0 Å². The molecule has 0 radical (unpaired) electrons. The van der Waals surface area contributed by atoms with Crippen molar-refractivity contribution in [1.29, 1.82) is 0 Å². The summed E-state index contributed by atoms with van der Waals surface area (Å²) < 4.78 is 25.7. The summed E-state index contributed by atoms with van der Waals surface area (Å²) in [5, 5.41) is 9.69. The standard InChI is InChI=1S/C13H22N2O3S/c1-10(14)11-5-7-12(8-6-11)19(17,18)15(4)9-13(2,3)16/h5-8,10,16H,9,14H2,1-4H3. The fourth-order valence-corrected chi connectivity index (χ4v) is 3.08. The van der Waals surface area contributed by atoms with Gasteiger partial charge in [-0.05, 0) is 38.5 Å². The number of aliphatic hydroxyl groups is 1. The van der Waals surface area contributed by atoms with Crippen LogP contribution in [0.25, 0.3) is 0 Å². The topological polar surface area (TPSA) is 83.6 Å². The smallest absolute Gasteiger partial charge is 0.242 e. The molecule has 0 fully saturated rings. The second kappa shape index (κ2) is 5.58. The van der Waals surface area contributed by atoms with Crippen LogP contribution in [0.1, 0.15) is 32.4 Å². The van der Waals surface area contributed by atoms with Crippen molar-refractivity contribution in [3.05, 3.63) is 29.8 Å². The minimum absolute atomic E-state index is 0.0321. The van der Waals surface area contributed by atoms with Gasteiger partial charge < -0.3 is 10.8 Å². The third kappa shape index (κ3) is 4.28. The summed E-state index contributed by atoms with van der Waals surface area (Å²) in [6, 6.07) is 6.35. The Morgan fingerprint density at radius 1 is 1.32 bits per heavy atom. The Balaban J connectivity index is 3.00. The van der Waals surface area contributed by atoms with Gasteiger partial charge in [0.1, 0.15) is 0 Å². The minimum atomic E-state index is -3.58. The zero-order valence-electron chi connectivity index (χ0n) is 11.8. The monoisotopic (exact) mass is 286 g/mol. The fourth-order valence-electron chi connectivity index (χ4n) is 1.75. The largest absolute Gasteiger partial charge is 0.389 e. The number of nitrogens with two attached hydrogens (primary N) is 1. The molecular formula is C13H22N2O3S. The zero-order chi connectivity index (χ0) is 14.8. The maximum Gasteiger partial charge on any atom is 0.242 e. The number of benzene rings is 1. The molecule has 1 unspecified atom stereocenters. The van der Waals surface area contributed by atoms with Crippen molar-refractivity contribution >= 4 is 10.0 Å².